The Morgan fingerprint density at radius 1 is 1.17 bits per heavy atom. The van der Waals surface area contributed by atoms with E-state index in [0.717, 1.165) is 4.68 Å². The van der Waals surface area contributed by atoms with Gasteiger partial charge in [-0.15, -0.1) is 13.2 Å². The Morgan fingerprint density at radius 2 is 1.91 bits per heavy atom. The molecule has 0 atom stereocenters. The SMILES string of the molecule is N#Cc1ccc2c(c1)nc(-c1ccccc1OC(F)(F)F)n2N. The van der Waals surface area contributed by atoms with Crippen molar-refractivity contribution in [3.05, 3.63) is 48.0 Å². The van der Waals surface area contributed by atoms with Crippen molar-refractivity contribution in [3.63, 3.8) is 0 Å². The number of nitrogens with zero attached hydrogens (tertiary/aromatic N) is 3. The number of benzene rings is 2. The minimum atomic E-state index is -4.82. The van der Waals surface area contributed by atoms with Crippen LogP contribution in [0.2, 0.25) is 0 Å². The number of nitrogen functional groups attached to an aromatic ring is 1. The van der Waals surface area contributed by atoms with Crippen LogP contribution in [0, 0.1) is 11.3 Å². The van der Waals surface area contributed by atoms with Crippen molar-refractivity contribution in [2.45, 2.75) is 6.36 Å². The predicted molar refractivity (Wildman–Crippen MR) is 76.7 cm³/mol. The van der Waals surface area contributed by atoms with E-state index in [0.29, 0.717) is 16.6 Å². The molecule has 0 saturated carbocycles. The maximum Gasteiger partial charge on any atom is 0.573 e. The number of alkyl halides is 3. The fourth-order valence-corrected chi connectivity index (χ4v) is 2.22. The summed E-state index contributed by atoms with van der Waals surface area (Å²) in [5.41, 5.74) is 1.37. The van der Waals surface area contributed by atoms with Crippen LogP contribution in [0.15, 0.2) is 42.5 Å². The summed E-state index contributed by atoms with van der Waals surface area (Å²) in [4.78, 5) is 4.22. The highest BCUT2D eigenvalue weighted by Crippen LogP contribution is 2.34. The Bertz CT molecular complexity index is 925. The molecule has 23 heavy (non-hydrogen) atoms. The molecule has 2 N–H and O–H groups in total. The first-order valence-corrected chi connectivity index (χ1v) is 6.42. The lowest BCUT2D eigenvalue weighted by Crippen LogP contribution is -2.18. The van der Waals surface area contributed by atoms with Crippen molar-refractivity contribution in [2.24, 2.45) is 0 Å². The summed E-state index contributed by atoms with van der Waals surface area (Å²) in [7, 11) is 0. The average Bonchev–Trinajstić information content (AvgIpc) is 2.82. The summed E-state index contributed by atoms with van der Waals surface area (Å²) < 4.78 is 42.8. The molecule has 1 heterocycles. The number of aromatic nitrogens is 2. The number of hydrogen-bond acceptors (Lipinski definition) is 4. The number of imidazole rings is 1. The number of para-hydroxylation sites is 1. The number of halogens is 3. The van der Waals surface area contributed by atoms with E-state index in [2.05, 4.69) is 9.72 Å². The molecule has 0 aliphatic carbocycles. The van der Waals surface area contributed by atoms with Crippen LogP contribution in [-0.2, 0) is 0 Å². The second-order valence-electron chi connectivity index (χ2n) is 4.66. The standard InChI is InChI=1S/C15H9F3N4O/c16-15(17,18)23-13-4-2-1-3-10(13)14-21-11-7-9(8-19)5-6-12(11)22(14)20/h1-7H,20H2. The third kappa shape index (κ3) is 2.76. The van der Waals surface area contributed by atoms with Gasteiger partial charge in [0.25, 0.3) is 0 Å². The maximum absolute atomic E-state index is 12.5. The maximum atomic E-state index is 12.5. The number of nitrogens with two attached hydrogens (primary N) is 1. The van der Waals surface area contributed by atoms with E-state index >= 15 is 0 Å². The van der Waals surface area contributed by atoms with Gasteiger partial charge in [0.05, 0.1) is 28.2 Å². The highest BCUT2D eigenvalue weighted by Gasteiger charge is 2.32. The van der Waals surface area contributed by atoms with Crippen molar-refractivity contribution in [3.8, 4) is 23.2 Å². The summed E-state index contributed by atoms with van der Waals surface area (Å²) >= 11 is 0. The van der Waals surface area contributed by atoms with Gasteiger partial charge in [0.1, 0.15) is 5.75 Å². The number of nitriles is 1. The molecule has 0 spiro atoms. The normalized spacial score (nSPS) is 11.4. The van der Waals surface area contributed by atoms with Crippen molar-refractivity contribution < 1.29 is 17.9 Å². The van der Waals surface area contributed by atoms with Crippen LogP contribution in [0.25, 0.3) is 22.4 Å². The molecule has 0 bridgehead atoms. The van der Waals surface area contributed by atoms with Crippen LogP contribution in [-0.4, -0.2) is 16.0 Å². The van der Waals surface area contributed by atoms with Crippen molar-refractivity contribution in [2.75, 3.05) is 5.84 Å². The van der Waals surface area contributed by atoms with Crippen LogP contribution >= 0.6 is 0 Å². The Balaban J connectivity index is 2.18. The molecule has 0 aliphatic rings. The van der Waals surface area contributed by atoms with Gasteiger partial charge in [0.2, 0.25) is 0 Å². The number of fused-ring (bicyclic) bond motifs is 1. The van der Waals surface area contributed by atoms with Gasteiger partial charge in [-0.1, -0.05) is 12.1 Å². The third-order valence-corrected chi connectivity index (χ3v) is 3.17. The molecule has 2 aromatic carbocycles. The lowest BCUT2D eigenvalue weighted by Gasteiger charge is -2.12. The quantitative estimate of drug-likeness (QED) is 0.736. The molecule has 3 rings (SSSR count). The molecule has 0 aliphatic heterocycles. The minimum Gasteiger partial charge on any atom is -0.405 e. The zero-order valence-corrected chi connectivity index (χ0v) is 11.5. The van der Waals surface area contributed by atoms with E-state index < -0.39 is 12.1 Å². The monoisotopic (exact) mass is 318 g/mol. The number of hydrogen-bond donors (Lipinski definition) is 1. The predicted octanol–water partition coefficient (Wildman–Crippen LogP) is 3.19. The summed E-state index contributed by atoms with van der Waals surface area (Å²) in [6.45, 7) is 0. The molecule has 8 heteroatoms. The molecule has 3 aromatic rings. The van der Waals surface area contributed by atoms with Crippen molar-refractivity contribution >= 4 is 11.0 Å². The topological polar surface area (TPSA) is 76.9 Å². The van der Waals surface area contributed by atoms with Gasteiger partial charge < -0.3 is 10.6 Å². The molecular formula is C15H9F3N4O. The summed E-state index contributed by atoms with van der Waals surface area (Å²) in [6.07, 6.45) is -4.82. The summed E-state index contributed by atoms with van der Waals surface area (Å²) in [5, 5.41) is 8.90. The Kier molecular flexibility index (Phi) is 3.33. The lowest BCUT2D eigenvalue weighted by molar-refractivity contribution is -0.274. The first kappa shape index (κ1) is 14.7. The number of rotatable bonds is 2. The van der Waals surface area contributed by atoms with E-state index in [4.69, 9.17) is 11.1 Å². The zero-order chi connectivity index (χ0) is 16.6. The van der Waals surface area contributed by atoms with Crippen LogP contribution in [0.4, 0.5) is 13.2 Å². The highest BCUT2D eigenvalue weighted by molar-refractivity contribution is 5.83. The van der Waals surface area contributed by atoms with Crippen LogP contribution in [0.5, 0.6) is 5.75 Å². The third-order valence-electron chi connectivity index (χ3n) is 3.17. The second kappa shape index (κ2) is 5.21. The molecule has 0 unspecified atom stereocenters. The molecule has 0 amide bonds. The first-order valence-electron chi connectivity index (χ1n) is 6.42. The molecule has 5 nitrogen and oxygen atoms in total. The van der Waals surface area contributed by atoms with E-state index in [1.807, 2.05) is 6.07 Å². The van der Waals surface area contributed by atoms with Gasteiger partial charge >= 0.3 is 6.36 Å². The smallest absolute Gasteiger partial charge is 0.405 e. The van der Waals surface area contributed by atoms with Gasteiger partial charge in [-0.3, -0.25) is 0 Å². The van der Waals surface area contributed by atoms with Crippen LogP contribution < -0.4 is 10.6 Å². The van der Waals surface area contributed by atoms with Gasteiger partial charge in [0.15, 0.2) is 5.82 Å². The van der Waals surface area contributed by atoms with Gasteiger partial charge in [-0.25, -0.2) is 9.66 Å². The van der Waals surface area contributed by atoms with Gasteiger partial charge in [-0.2, -0.15) is 5.26 Å². The molecular weight excluding hydrogens is 309 g/mol. The second-order valence-corrected chi connectivity index (χ2v) is 4.66. The van der Waals surface area contributed by atoms with Crippen molar-refractivity contribution in [1.82, 2.24) is 9.66 Å². The van der Waals surface area contributed by atoms with Crippen molar-refractivity contribution in [1.29, 1.82) is 5.26 Å². The summed E-state index contributed by atoms with van der Waals surface area (Å²) in [6, 6.07) is 12.2. The zero-order valence-electron chi connectivity index (χ0n) is 11.5. The Morgan fingerprint density at radius 3 is 2.61 bits per heavy atom. The first-order chi connectivity index (χ1) is 10.9. The van der Waals surface area contributed by atoms with Crippen LogP contribution in [0.3, 0.4) is 0 Å². The molecule has 1 aromatic heterocycles. The highest BCUT2D eigenvalue weighted by atomic mass is 19.4. The van der Waals surface area contributed by atoms with E-state index in [1.165, 1.54) is 24.3 Å². The average molecular weight is 318 g/mol. The lowest BCUT2D eigenvalue weighted by atomic mass is 10.2. The molecule has 116 valence electrons. The van der Waals surface area contributed by atoms with Crippen LogP contribution in [0.1, 0.15) is 5.56 Å². The van der Waals surface area contributed by atoms with Gasteiger partial charge in [-0.05, 0) is 30.3 Å². The Hall–Kier alpha value is -3.21. The summed E-state index contributed by atoms with van der Waals surface area (Å²) in [5.74, 6) is 5.64. The number of ether oxygens (including phenoxy) is 1. The van der Waals surface area contributed by atoms with E-state index in [-0.39, 0.29) is 11.4 Å². The Labute approximate surface area is 128 Å². The molecule has 0 saturated heterocycles. The van der Waals surface area contributed by atoms with E-state index in [1.54, 1.807) is 18.2 Å². The fraction of sp³-hybridized carbons (Fsp3) is 0.0667. The van der Waals surface area contributed by atoms with E-state index in [9.17, 15) is 13.2 Å². The molecule has 0 radical (unpaired) electrons. The molecule has 0 fully saturated rings. The fourth-order valence-electron chi connectivity index (χ4n) is 2.22. The van der Waals surface area contributed by atoms with Gasteiger partial charge in [0, 0.05) is 0 Å². The minimum absolute atomic E-state index is 0.0991. The largest absolute Gasteiger partial charge is 0.573 e.